The largest absolute Gasteiger partial charge is 0.341 e. The van der Waals surface area contributed by atoms with Crippen molar-refractivity contribution in [3.05, 3.63) is 21.9 Å². The van der Waals surface area contributed by atoms with E-state index in [2.05, 4.69) is 0 Å². The number of carbonyl (C=O) groups is 3. The van der Waals surface area contributed by atoms with Crippen LogP contribution < -0.4 is 0 Å². The Bertz CT molecular complexity index is 630. The summed E-state index contributed by atoms with van der Waals surface area (Å²) in [6.45, 7) is 2.83. The molecule has 1 aromatic heterocycles. The Balaban J connectivity index is 1.55. The summed E-state index contributed by atoms with van der Waals surface area (Å²) in [5, 5.41) is 2.02. The molecule has 0 N–H and O–H groups in total. The van der Waals surface area contributed by atoms with Crippen molar-refractivity contribution >= 4 is 29.1 Å². The first-order valence-corrected chi connectivity index (χ1v) is 9.49. The number of imide groups is 1. The number of thiophene rings is 1. The number of rotatable bonds is 5. The summed E-state index contributed by atoms with van der Waals surface area (Å²) in [6, 6.07) is 2.04. The predicted molar refractivity (Wildman–Crippen MR) is 92.3 cm³/mol. The molecule has 1 aliphatic heterocycles. The first kappa shape index (κ1) is 17.1. The van der Waals surface area contributed by atoms with Gasteiger partial charge in [-0.3, -0.25) is 19.3 Å². The van der Waals surface area contributed by atoms with Gasteiger partial charge in [-0.25, -0.2) is 0 Å². The molecule has 0 spiro atoms. The van der Waals surface area contributed by atoms with Crippen LogP contribution in [0.4, 0.5) is 0 Å². The van der Waals surface area contributed by atoms with E-state index in [1.807, 2.05) is 18.4 Å². The molecule has 3 rings (SSSR count). The molecule has 3 amide bonds. The molecular weight excluding hydrogens is 324 g/mol. The summed E-state index contributed by atoms with van der Waals surface area (Å²) in [5.41, 5.74) is 1.19. The third-order valence-electron chi connectivity index (χ3n) is 5.26. The van der Waals surface area contributed by atoms with Crippen molar-refractivity contribution in [2.24, 2.45) is 11.8 Å². The van der Waals surface area contributed by atoms with Crippen molar-refractivity contribution in [2.45, 2.75) is 45.6 Å². The minimum Gasteiger partial charge on any atom is -0.341 e. The Morgan fingerprint density at radius 1 is 1.25 bits per heavy atom. The molecule has 130 valence electrons. The SMILES string of the molecule is Cc1ccsc1CN(C)C(=O)CCN1C(=O)[C@H]2CCCC[C@@H]2C1=O. The normalized spacial score (nSPS) is 23.5. The van der Waals surface area contributed by atoms with Crippen molar-refractivity contribution in [2.75, 3.05) is 13.6 Å². The summed E-state index contributed by atoms with van der Waals surface area (Å²) < 4.78 is 0. The standard InChI is InChI=1S/C18H24N2O3S/c1-12-8-10-24-15(12)11-19(2)16(21)7-9-20-17(22)13-5-3-4-6-14(13)18(20)23/h8,10,13-14H,3-7,9,11H2,1-2H3/t13-,14-/m0/s1. The second-order valence-electron chi connectivity index (χ2n) is 6.85. The van der Waals surface area contributed by atoms with E-state index in [9.17, 15) is 14.4 Å². The van der Waals surface area contributed by atoms with Crippen molar-refractivity contribution < 1.29 is 14.4 Å². The summed E-state index contributed by atoms with van der Waals surface area (Å²) in [4.78, 5) is 41.4. The second-order valence-corrected chi connectivity index (χ2v) is 7.85. The monoisotopic (exact) mass is 348 g/mol. The fourth-order valence-corrected chi connectivity index (χ4v) is 4.68. The second kappa shape index (κ2) is 7.05. The van der Waals surface area contributed by atoms with E-state index in [0.717, 1.165) is 25.7 Å². The zero-order chi connectivity index (χ0) is 17.3. The van der Waals surface area contributed by atoms with Crippen LogP contribution in [0.1, 0.15) is 42.5 Å². The van der Waals surface area contributed by atoms with Gasteiger partial charge in [-0.2, -0.15) is 0 Å². The van der Waals surface area contributed by atoms with Crippen LogP contribution >= 0.6 is 11.3 Å². The summed E-state index contributed by atoms with van der Waals surface area (Å²) in [5.74, 6) is -0.414. The van der Waals surface area contributed by atoms with Gasteiger partial charge in [0, 0.05) is 24.9 Å². The number of carbonyl (C=O) groups excluding carboxylic acids is 3. The lowest BCUT2D eigenvalue weighted by Crippen LogP contribution is -2.36. The zero-order valence-electron chi connectivity index (χ0n) is 14.3. The van der Waals surface area contributed by atoms with Gasteiger partial charge in [-0.1, -0.05) is 12.8 Å². The van der Waals surface area contributed by atoms with Crippen LogP contribution in [0.2, 0.25) is 0 Å². The first-order chi connectivity index (χ1) is 11.5. The van der Waals surface area contributed by atoms with Gasteiger partial charge in [0.25, 0.3) is 0 Å². The number of hydrogen-bond donors (Lipinski definition) is 0. The molecule has 2 fully saturated rings. The molecule has 24 heavy (non-hydrogen) atoms. The first-order valence-electron chi connectivity index (χ1n) is 8.61. The van der Waals surface area contributed by atoms with Gasteiger partial charge in [0.15, 0.2) is 0 Å². The molecule has 6 heteroatoms. The minimum absolute atomic E-state index is 0.0294. The molecule has 0 aromatic carbocycles. The maximum Gasteiger partial charge on any atom is 0.233 e. The van der Waals surface area contributed by atoms with Crippen LogP contribution in [0.15, 0.2) is 11.4 Å². The van der Waals surface area contributed by atoms with Gasteiger partial charge in [0.1, 0.15) is 0 Å². The quantitative estimate of drug-likeness (QED) is 0.769. The fraction of sp³-hybridized carbons (Fsp3) is 0.611. The zero-order valence-corrected chi connectivity index (χ0v) is 15.1. The number of aryl methyl sites for hydroxylation is 1. The van der Waals surface area contributed by atoms with E-state index in [-0.39, 0.29) is 42.5 Å². The summed E-state index contributed by atoms with van der Waals surface area (Å²) in [7, 11) is 1.77. The van der Waals surface area contributed by atoms with Crippen LogP contribution in [0, 0.1) is 18.8 Å². The number of nitrogens with zero attached hydrogens (tertiary/aromatic N) is 2. The van der Waals surface area contributed by atoms with Gasteiger partial charge in [-0.15, -0.1) is 11.3 Å². The van der Waals surface area contributed by atoms with Crippen molar-refractivity contribution in [3.63, 3.8) is 0 Å². The lowest BCUT2D eigenvalue weighted by atomic mass is 9.81. The highest BCUT2D eigenvalue weighted by atomic mass is 32.1. The number of likely N-dealkylation sites (tertiary alicyclic amines) is 1. The van der Waals surface area contributed by atoms with Crippen molar-refractivity contribution in [1.29, 1.82) is 0 Å². The molecular formula is C18H24N2O3S. The van der Waals surface area contributed by atoms with Crippen LogP contribution in [0.25, 0.3) is 0 Å². The molecule has 2 aliphatic rings. The maximum absolute atomic E-state index is 12.4. The van der Waals surface area contributed by atoms with Crippen LogP contribution in [0.5, 0.6) is 0 Å². The Labute approximate surface area is 146 Å². The molecule has 1 saturated heterocycles. The Hall–Kier alpha value is -1.69. The molecule has 1 aliphatic carbocycles. The van der Waals surface area contributed by atoms with E-state index >= 15 is 0 Å². The van der Waals surface area contributed by atoms with E-state index in [4.69, 9.17) is 0 Å². The van der Waals surface area contributed by atoms with Crippen LogP contribution in [0.3, 0.4) is 0 Å². The summed E-state index contributed by atoms with van der Waals surface area (Å²) >= 11 is 1.64. The average Bonchev–Trinajstić information content (AvgIpc) is 3.08. The van der Waals surface area contributed by atoms with Gasteiger partial charge >= 0.3 is 0 Å². The van der Waals surface area contributed by atoms with Crippen LogP contribution in [-0.2, 0) is 20.9 Å². The van der Waals surface area contributed by atoms with E-state index < -0.39 is 0 Å². The van der Waals surface area contributed by atoms with Gasteiger partial charge in [0.2, 0.25) is 17.7 Å². The average molecular weight is 348 g/mol. The van der Waals surface area contributed by atoms with Crippen molar-refractivity contribution in [1.82, 2.24) is 9.80 Å². The smallest absolute Gasteiger partial charge is 0.233 e. The molecule has 0 radical (unpaired) electrons. The lowest BCUT2D eigenvalue weighted by Gasteiger charge is -2.19. The highest BCUT2D eigenvalue weighted by Crippen LogP contribution is 2.38. The Morgan fingerprint density at radius 2 is 1.88 bits per heavy atom. The summed E-state index contributed by atoms with van der Waals surface area (Å²) in [6.07, 6.45) is 3.89. The van der Waals surface area contributed by atoms with Crippen LogP contribution in [-0.4, -0.2) is 41.1 Å². The Morgan fingerprint density at radius 3 is 2.42 bits per heavy atom. The highest BCUT2D eigenvalue weighted by Gasteiger charge is 2.47. The van der Waals surface area contributed by atoms with Gasteiger partial charge < -0.3 is 4.90 Å². The fourth-order valence-electron chi connectivity index (χ4n) is 3.72. The predicted octanol–water partition coefficient (Wildman–Crippen LogP) is 2.58. The number of fused-ring (bicyclic) bond motifs is 1. The van der Waals surface area contributed by atoms with E-state index in [0.29, 0.717) is 6.54 Å². The molecule has 1 saturated carbocycles. The molecule has 0 bridgehead atoms. The van der Waals surface area contributed by atoms with Gasteiger partial charge in [-0.05, 0) is 36.8 Å². The number of amides is 3. The van der Waals surface area contributed by atoms with Gasteiger partial charge in [0.05, 0.1) is 18.4 Å². The molecule has 1 aromatic rings. The molecule has 0 unspecified atom stereocenters. The lowest BCUT2D eigenvalue weighted by molar-refractivity contribution is -0.140. The third-order valence-corrected chi connectivity index (χ3v) is 6.26. The van der Waals surface area contributed by atoms with E-state index in [1.165, 1.54) is 15.3 Å². The third kappa shape index (κ3) is 3.24. The minimum atomic E-state index is -0.132. The molecule has 2 heterocycles. The highest BCUT2D eigenvalue weighted by molar-refractivity contribution is 7.10. The number of hydrogen-bond acceptors (Lipinski definition) is 4. The van der Waals surface area contributed by atoms with E-state index in [1.54, 1.807) is 23.3 Å². The molecule has 2 atom stereocenters. The molecule has 5 nitrogen and oxygen atoms in total. The topological polar surface area (TPSA) is 57.7 Å². The Kier molecular flexibility index (Phi) is 5.04. The maximum atomic E-state index is 12.4. The van der Waals surface area contributed by atoms with Crippen molar-refractivity contribution in [3.8, 4) is 0 Å².